The lowest BCUT2D eigenvalue weighted by Gasteiger charge is -2.16. The molecule has 80 valence electrons. The Morgan fingerprint density at radius 1 is 1.47 bits per heavy atom. The van der Waals surface area contributed by atoms with Crippen molar-refractivity contribution in [3.8, 4) is 0 Å². The molecule has 0 saturated heterocycles. The van der Waals surface area contributed by atoms with E-state index in [0.29, 0.717) is 6.54 Å². The van der Waals surface area contributed by atoms with Crippen molar-refractivity contribution in [3.05, 3.63) is 39.3 Å². The zero-order valence-electron chi connectivity index (χ0n) is 7.98. The first kappa shape index (κ1) is 10.9. The van der Waals surface area contributed by atoms with Gasteiger partial charge in [0, 0.05) is 15.5 Å². The lowest BCUT2D eigenvalue weighted by molar-refractivity contribution is 0.601. The number of hydrogen-bond donors (Lipinski definition) is 0. The highest BCUT2D eigenvalue weighted by atomic mass is 127. The van der Waals surface area contributed by atoms with Gasteiger partial charge in [-0.05, 0) is 46.7 Å². The van der Waals surface area contributed by atoms with E-state index in [1.165, 1.54) is 4.31 Å². The van der Waals surface area contributed by atoms with Crippen LogP contribution in [0, 0.1) is 3.57 Å². The summed E-state index contributed by atoms with van der Waals surface area (Å²) in [4.78, 5) is 0. The fourth-order valence-corrected chi connectivity index (χ4v) is 3.12. The van der Waals surface area contributed by atoms with Crippen molar-refractivity contribution in [1.29, 1.82) is 0 Å². The normalized spacial score (nSPS) is 15.1. The van der Waals surface area contributed by atoms with E-state index in [-0.39, 0.29) is 0 Å². The van der Waals surface area contributed by atoms with Crippen molar-refractivity contribution in [2.45, 2.75) is 6.42 Å². The Bertz CT molecular complexity index is 510. The molecule has 0 radical (unpaired) electrons. The zero-order chi connectivity index (χ0) is 11.1. The minimum absolute atomic E-state index is 0.518. The molecule has 0 aromatic heterocycles. The van der Waals surface area contributed by atoms with E-state index in [4.69, 9.17) is 0 Å². The third-order valence-electron chi connectivity index (χ3n) is 2.42. The fourth-order valence-electron chi connectivity index (χ4n) is 1.68. The van der Waals surface area contributed by atoms with E-state index in [2.05, 4.69) is 29.2 Å². The SMILES string of the molecule is C=CS(=O)(=O)N1CCc2ccc(I)cc21. The van der Waals surface area contributed by atoms with Crippen LogP contribution in [0.4, 0.5) is 5.69 Å². The molecule has 1 aromatic rings. The predicted octanol–water partition coefficient (Wildman–Crippen LogP) is 2.13. The quantitative estimate of drug-likeness (QED) is 0.777. The van der Waals surface area contributed by atoms with Crippen LogP contribution < -0.4 is 4.31 Å². The van der Waals surface area contributed by atoms with Gasteiger partial charge in [0.15, 0.2) is 0 Å². The van der Waals surface area contributed by atoms with Crippen LogP contribution in [-0.4, -0.2) is 15.0 Å². The van der Waals surface area contributed by atoms with Gasteiger partial charge < -0.3 is 0 Å². The molecule has 0 aliphatic carbocycles. The van der Waals surface area contributed by atoms with Crippen LogP contribution in [0.25, 0.3) is 0 Å². The molecule has 0 N–H and O–H groups in total. The molecule has 1 aliphatic rings. The molecule has 1 aliphatic heterocycles. The molecule has 0 atom stereocenters. The van der Waals surface area contributed by atoms with Crippen molar-refractivity contribution in [3.63, 3.8) is 0 Å². The largest absolute Gasteiger partial charge is 0.266 e. The third kappa shape index (κ3) is 1.90. The maximum Gasteiger partial charge on any atom is 0.256 e. The van der Waals surface area contributed by atoms with Gasteiger partial charge in [-0.1, -0.05) is 12.6 Å². The average molecular weight is 335 g/mol. The minimum atomic E-state index is -3.33. The number of rotatable bonds is 2. The van der Waals surface area contributed by atoms with Crippen LogP contribution in [0.3, 0.4) is 0 Å². The predicted molar refractivity (Wildman–Crippen MR) is 69.3 cm³/mol. The van der Waals surface area contributed by atoms with E-state index in [0.717, 1.165) is 26.6 Å². The number of benzene rings is 1. The van der Waals surface area contributed by atoms with Gasteiger partial charge in [-0.15, -0.1) is 0 Å². The number of fused-ring (bicyclic) bond motifs is 1. The molecular weight excluding hydrogens is 325 g/mol. The van der Waals surface area contributed by atoms with Crippen molar-refractivity contribution in [2.75, 3.05) is 10.8 Å². The van der Waals surface area contributed by atoms with E-state index >= 15 is 0 Å². The van der Waals surface area contributed by atoms with Crippen LogP contribution in [0.5, 0.6) is 0 Å². The first-order chi connectivity index (χ1) is 7.04. The number of nitrogens with zero attached hydrogens (tertiary/aromatic N) is 1. The molecule has 2 rings (SSSR count). The number of halogens is 1. The van der Waals surface area contributed by atoms with E-state index in [9.17, 15) is 8.42 Å². The summed E-state index contributed by atoms with van der Waals surface area (Å²) in [7, 11) is -3.33. The van der Waals surface area contributed by atoms with Crippen molar-refractivity contribution < 1.29 is 8.42 Å². The van der Waals surface area contributed by atoms with Gasteiger partial charge in [-0.2, -0.15) is 0 Å². The molecule has 0 amide bonds. The van der Waals surface area contributed by atoms with Gasteiger partial charge >= 0.3 is 0 Å². The van der Waals surface area contributed by atoms with Crippen LogP contribution in [0.2, 0.25) is 0 Å². The van der Waals surface area contributed by atoms with Crippen molar-refractivity contribution >= 4 is 38.3 Å². The monoisotopic (exact) mass is 335 g/mol. The maximum absolute atomic E-state index is 11.7. The highest BCUT2D eigenvalue weighted by molar-refractivity contribution is 14.1. The number of sulfonamides is 1. The Labute approximate surface area is 103 Å². The summed E-state index contributed by atoms with van der Waals surface area (Å²) >= 11 is 2.18. The molecule has 15 heavy (non-hydrogen) atoms. The molecular formula is C10H10INO2S. The summed E-state index contributed by atoms with van der Waals surface area (Å²) < 4.78 is 25.8. The molecule has 1 heterocycles. The maximum atomic E-state index is 11.7. The Kier molecular flexibility index (Phi) is 2.76. The van der Waals surface area contributed by atoms with Crippen LogP contribution >= 0.6 is 22.6 Å². The molecule has 1 aromatic carbocycles. The van der Waals surface area contributed by atoms with Gasteiger partial charge in [-0.25, -0.2) is 8.42 Å². The van der Waals surface area contributed by atoms with Gasteiger partial charge in [0.05, 0.1) is 5.69 Å². The molecule has 0 unspecified atom stereocenters. The second-order valence-electron chi connectivity index (χ2n) is 3.31. The molecule has 0 fully saturated rings. The van der Waals surface area contributed by atoms with E-state index in [1.807, 2.05) is 18.2 Å². The minimum Gasteiger partial charge on any atom is -0.266 e. The highest BCUT2D eigenvalue weighted by Crippen LogP contribution is 2.31. The molecule has 5 heteroatoms. The van der Waals surface area contributed by atoms with Crippen LogP contribution in [0.15, 0.2) is 30.2 Å². The summed E-state index contributed by atoms with van der Waals surface area (Å²) in [6.45, 7) is 3.86. The molecule has 0 saturated carbocycles. The van der Waals surface area contributed by atoms with Gasteiger partial charge in [-0.3, -0.25) is 4.31 Å². The number of hydrogen-bond acceptors (Lipinski definition) is 2. The zero-order valence-corrected chi connectivity index (χ0v) is 11.0. The topological polar surface area (TPSA) is 37.4 Å². The third-order valence-corrected chi connectivity index (χ3v) is 4.50. The lowest BCUT2D eigenvalue weighted by Crippen LogP contribution is -2.26. The average Bonchev–Trinajstić information content (AvgIpc) is 2.61. The molecule has 3 nitrogen and oxygen atoms in total. The summed E-state index contributed by atoms with van der Waals surface area (Å²) in [6.07, 6.45) is 0.777. The standard InChI is InChI=1S/C10H10INO2S/c1-2-15(13,14)12-6-5-8-3-4-9(11)7-10(8)12/h2-4,7H,1,5-6H2. The summed E-state index contributed by atoms with van der Waals surface area (Å²) in [5, 5.41) is 1.00. The smallest absolute Gasteiger partial charge is 0.256 e. The van der Waals surface area contributed by atoms with E-state index < -0.39 is 10.0 Å². The van der Waals surface area contributed by atoms with Crippen LogP contribution in [0.1, 0.15) is 5.56 Å². The lowest BCUT2D eigenvalue weighted by atomic mass is 10.2. The Morgan fingerprint density at radius 2 is 2.20 bits per heavy atom. The van der Waals surface area contributed by atoms with E-state index in [1.54, 1.807) is 0 Å². The van der Waals surface area contributed by atoms with Gasteiger partial charge in [0.25, 0.3) is 10.0 Å². The molecule has 0 bridgehead atoms. The summed E-state index contributed by atoms with van der Waals surface area (Å²) in [5.74, 6) is 0. The Hall–Kier alpha value is -0.560. The first-order valence-corrected chi connectivity index (χ1v) is 7.06. The highest BCUT2D eigenvalue weighted by Gasteiger charge is 2.27. The second-order valence-corrected chi connectivity index (χ2v) is 6.36. The first-order valence-electron chi connectivity index (χ1n) is 4.48. The second kappa shape index (κ2) is 3.79. The van der Waals surface area contributed by atoms with Crippen molar-refractivity contribution in [1.82, 2.24) is 0 Å². The Balaban J connectivity index is 2.53. The fraction of sp³-hybridized carbons (Fsp3) is 0.200. The van der Waals surface area contributed by atoms with Gasteiger partial charge in [0.2, 0.25) is 0 Å². The van der Waals surface area contributed by atoms with Crippen molar-refractivity contribution in [2.24, 2.45) is 0 Å². The summed E-state index contributed by atoms with van der Waals surface area (Å²) in [6, 6.07) is 5.86. The van der Waals surface area contributed by atoms with Gasteiger partial charge in [0.1, 0.15) is 0 Å². The Morgan fingerprint density at radius 3 is 2.87 bits per heavy atom. The number of anilines is 1. The molecule has 0 spiro atoms. The van der Waals surface area contributed by atoms with Crippen LogP contribution in [-0.2, 0) is 16.4 Å². The summed E-state index contributed by atoms with van der Waals surface area (Å²) in [5.41, 5.74) is 1.88.